The van der Waals surface area contributed by atoms with Crippen molar-refractivity contribution in [2.75, 3.05) is 0 Å². The van der Waals surface area contributed by atoms with Crippen molar-refractivity contribution in [3.05, 3.63) is 28.0 Å². The van der Waals surface area contributed by atoms with Crippen LogP contribution in [0.3, 0.4) is 0 Å². The maximum Gasteiger partial charge on any atom is 0.265 e. The molecule has 0 spiro atoms. The summed E-state index contributed by atoms with van der Waals surface area (Å²) < 4.78 is 25.1. The Morgan fingerprint density at radius 1 is 1.54 bits per heavy atom. The van der Waals surface area contributed by atoms with E-state index in [9.17, 15) is 8.78 Å². The van der Waals surface area contributed by atoms with Crippen molar-refractivity contribution in [1.82, 2.24) is 4.98 Å². The lowest BCUT2D eigenvalue weighted by Gasteiger charge is -2.04. The summed E-state index contributed by atoms with van der Waals surface area (Å²) in [6.45, 7) is 0. The molecule has 0 amide bonds. The average Bonchev–Trinajstić information content (AvgIpc) is 2.04. The second-order valence-corrected chi connectivity index (χ2v) is 3.12. The van der Waals surface area contributed by atoms with Gasteiger partial charge < -0.3 is 0 Å². The van der Waals surface area contributed by atoms with Crippen LogP contribution in [-0.2, 0) is 6.42 Å². The standard InChI is InChI=1S/C8H5BrF2N2/c9-7-2-1-5(8(10)11)6(13-7)3-4-12/h1-2,8H,3H2. The fraction of sp³-hybridized carbons (Fsp3) is 0.250. The molecular formula is C8H5BrF2N2. The van der Waals surface area contributed by atoms with E-state index in [4.69, 9.17) is 5.26 Å². The van der Waals surface area contributed by atoms with E-state index in [-0.39, 0.29) is 17.7 Å². The highest BCUT2D eigenvalue weighted by atomic mass is 79.9. The fourth-order valence-corrected chi connectivity index (χ4v) is 1.25. The molecule has 0 aromatic carbocycles. The average molecular weight is 247 g/mol. The third-order valence-electron chi connectivity index (χ3n) is 1.46. The Labute approximate surface area is 82.3 Å². The fourth-order valence-electron chi connectivity index (χ4n) is 0.901. The van der Waals surface area contributed by atoms with Crippen molar-refractivity contribution in [1.29, 1.82) is 5.26 Å². The van der Waals surface area contributed by atoms with Crippen LogP contribution in [0, 0.1) is 11.3 Å². The Balaban J connectivity index is 3.12. The second-order valence-electron chi connectivity index (χ2n) is 2.31. The van der Waals surface area contributed by atoms with E-state index in [1.165, 1.54) is 12.1 Å². The lowest BCUT2D eigenvalue weighted by atomic mass is 10.1. The summed E-state index contributed by atoms with van der Waals surface area (Å²) in [5, 5.41) is 8.37. The second kappa shape index (κ2) is 4.28. The minimum atomic E-state index is -2.58. The van der Waals surface area contributed by atoms with Crippen LogP contribution in [-0.4, -0.2) is 4.98 Å². The van der Waals surface area contributed by atoms with Gasteiger partial charge in [0.05, 0.1) is 18.2 Å². The summed E-state index contributed by atoms with van der Waals surface area (Å²) in [5.41, 5.74) is -0.0448. The number of halogens is 3. The number of alkyl halides is 2. The smallest absolute Gasteiger partial charge is 0.244 e. The van der Waals surface area contributed by atoms with Gasteiger partial charge in [0, 0.05) is 5.56 Å². The first kappa shape index (κ1) is 10.1. The molecule has 0 N–H and O–H groups in total. The molecule has 0 aliphatic carbocycles. The van der Waals surface area contributed by atoms with Gasteiger partial charge in [-0.1, -0.05) is 0 Å². The van der Waals surface area contributed by atoms with Crippen molar-refractivity contribution in [2.24, 2.45) is 0 Å². The zero-order chi connectivity index (χ0) is 9.84. The molecule has 0 saturated carbocycles. The van der Waals surface area contributed by atoms with Crippen molar-refractivity contribution in [3.63, 3.8) is 0 Å². The number of aromatic nitrogens is 1. The molecule has 1 heterocycles. The van der Waals surface area contributed by atoms with Crippen LogP contribution in [0.2, 0.25) is 0 Å². The molecule has 0 radical (unpaired) electrons. The van der Waals surface area contributed by atoms with E-state index in [1.807, 2.05) is 0 Å². The molecule has 2 nitrogen and oxygen atoms in total. The highest BCUT2D eigenvalue weighted by Crippen LogP contribution is 2.23. The molecule has 1 rings (SSSR count). The third-order valence-corrected chi connectivity index (χ3v) is 1.90. The third kappa shape index (κ3) is 2.46. The summed E-state index contributed by atoms with van der Waals surface area (Å²) >= 11 is 3.05. The van der Waals surface area contributed by atoms with Gasteiger partial charge in [0.2, 0.25) is 0 Å². The molecule has 5 heteroatoms. The topological polar surface area (TPSA) is 36.7 Å². The van der Waals surface area contributed by atoms with Crippen molar-refractivity contribution < 1.29 is 8.78 Å². The molecule has 0 unspecified atom stereocenters. The molecule has 0 aliphatic heterocycles. The SMILES string of the molecule is N#CCc1nc(Br)ccc1C(F)F. The number of hydrogen-bond donors (Lipinski definition) is 0. The lowest BCUT2D eigenvalue weighted by Crippen LogP contribution is -1.97. The molecule has 0 aliphatic rings. The van der Waals surface area contributed by atoms with Crippen LogP contribution in [0.25, 0.3) is 0 Å². The predicted molar refractivity (Wildman–Crippen MR) is 46.2 cm³/mol. The summed E-state index contributed by atoms with van der Waals surface area (Å²) in [7, 11) is 0. The molecule has 0 atom stereocenters. The number of pyridine rings is 1. The minimum Gasteiger partial charge on any atom is -0.244 e. The van der Waals surface area contributed by atoms with Gasteiger partial charge in [-0.2, -0.15) is 5.26 Å². The quantitative estimate of drug-likeness (QED) is 0.753. The van der Waals surface area contributed by atoms with Gasteiger partial charge in [-0.25, -0.2) is 13.8 Å². The van der Waals surface area contributed by atoms with Crippen LogP contribution >= 0.6 is 15.9 Å². The Hall–Kier alpha value is -1.02. The van der Waals surface area contributed by atoms with Crippen LogP contribution < -0.4 is 0 Å². The Kier molecular flexibility index (Phi) is 3.32. The number of hydrogen-bond acceptors (Lipinski definition) is 2. The van der Waals surface area contributed by atoms with E-state index in [2.05, 4.69) is 20.9 Å². The van der Waals surface area contributed by atoms with Gasteiger partial charge in [-0.15, -0.1) is 0 Å². The van der Waals surface area contributed by atoms with E-state index in [0.717, 1.165) is 0 Å². The minimum absolute atomic E-state index is 0.0981. The first-order chi connectivity index (χ1) is 6.15. The van der Waals surface area contributed by atoms with Crippen LogP contribution in [0.15, 0.2) is 16.7 Å². The Morgan fingerprint density at radius 3 is 2.77 bits per heavy atom. The largest absolute Gasteiger partial charge is 0.265 e. The summed E-state index contributed by atoms with van der Waals surface area (Å²) in [6.07, 6.45) is -2.68. The number of nitrogens with zero attached hydrogens (tertiary/aromatic N) is 2. The van der Waals surface area contributed by atoms with Gasteiger partial charge in [0.25, 0.3) is 6.43 Å². The normalized spacial score (nSPS) is 10.1. The molecule has 68 valence electrons. The number of nitriles is 1. The van der Waals surface area contributed by atoms with Gasteiger partial charge in [-0.3, -0.25) is 0 Å². The molecule has 13 heavy (non-hydrogen) atoms. The van der Waals surface area contributed by atoms with E-state index < -0.39 is 6.43 Å². The number of rotatable bonds is 2. The lowest BCUT2D eigenvalue weighted by molar-refractivity contribution is 0.150. The molecular weight excluding hydrogens is 242 g/mol. The molecule has 0 fully saturated rings. The Morgan fingerprint density at radius 2 is 2.23 bits per heavy atom. The zero-order valence-electron chi connectivity index (χ0n) is 6.47. The van der Waals surface area contributed by atoms with Crippen molar-refractivity contribution in [2.45, 2.75) is 12.8 Å². The molecule has 0 bridgehead atoms. The van der Waals surface area contributed by atoms with Crippen molar-refractivity contribution >= 4 is 15.9 Å². The van der Waals surface area contributed by atoms with Gasteiger partial charge in [0.1, 0.15) is 4.60 Å². The van der Waals surface area contributed by atoms with E-state index in [0.29, 0.717) is 4.60 Å². The first-order valence-corrected chi connectivity index (χ1v) is 4.25. The summed E-state index contributed by atoms with van der Waals surface area (Å²) in [4.78, 5) is 3.80. The van der Waals surface area contributed by atoms with E-state index in [1.54, 1.807) is 6.07 Å². The van der Waals surface area contributed by atoms with Gasteiger partial charge in [-0.05, 0) is 28.1 Å². The van der Waals surface area contributed by atoms with Crippen molar-refractivity contribution in [3.8, 4) is 6.07 Å². The summed E-state index contributed by atoms with van der Waals surface area (Å²) in [6, 6.07) is 4.49. The van der Waals surface area contributed by atoms with Gasteiger partial charge in [0.15, 0.2) is 0 Å². The van der Waals surface area contributed by atoms with E-state index >= 15 is 0 Å². The maximum atomic E-state index is 12.3. The highest BCUT2D eigenvalue weighted by Gasteiger charge is 2.13. The van der Waals surface area contributed by atoms with Crippen LogP contribution in [0.5, 0.6) is 0 Å². The summed E-state index contributed by atoms with van der Waals surface area (Å²) in [5.74, 6) is 0. The van der Waals surface area contributed by atoms with Gasteiger partial charge >= 0.3 is 0 Å². The van der Waals surface area contributed by atoms with Crippen LogP contribution in [0.4, 0.5) is 8.78 Å². The first-order valence-electron chi connectivity index (χ1n) is 3.45. The molecule has 1 aromatic heterocycles. The predicted octanol–water partition coefficient (Wildman–Crippen LogP) is 2.85. The zero-order valence-corrected chi connectivity index (χ0v) is 8.05. The molecule has 0 saturated heterocycles. The monoisotopic (exact) mass is 246 g/mol. The maximum absolute atomic E-state index is 12.3. The highest BCUT2D eigenvalue weighted by molar-refractivity contribution is 9.10. The molecule has 1 aromatic rings. The Bertz CT molecular complexity index is 346. The van der Waals surface area contributed by atoms with Crippen LogP contribution in [0.1, 0.15) is 17.7 Å².